The Bertz CT molecular complexity index is 811. The fourth-order valence-corrected chi connectivity index (χ4v) is 3.93. The Balaban J connectivity index is 1.48. The molecule has 7 heteroatoms. The number of fused-ring (bicyclic) bond motifs is 1. The first kappa shape index (κ1) is 16.8. The van der Waals surface area contributed by atoms with E-state index in [2.05, 4.69) is 22.2 Å². The van der Waals surface area contributed by atoms with Gasteiger partial charge in [0.15, 0.2) is 5.82 Å². The maximum atomic E-state index is 13.1. The van der Waals surface area contributed by atoms with Crippen molar-refractivity contribution in [1.82, 2.24) is 14.8 Å². The molecule has 2 atom stereocenters. The number of aromatic nitrogens is 1. The number of nitrogens with two attached hydrogens (primary N) is 1. The Morgan fingerprint density at radius 1 is 1.12 bits per heavy atom. The lowest BCUT2D eigenvalue weighted by Crippen LogP contribution is -2.36. The molecule has 0 spiro atoms. The van der Waals surface area contributed by atoms with Crippen molar-refractivity contribution in [3.05, 3.63) is 42.2 Å². The van der Waals surface area contributed by atoms with Crippen LogP contribution in [0.5, 0.6) is 0 Å². The van der Waals surface area contributed by atoms with Crippen molar-refractivity contribution < 1.29 is 9.18 Å². The molecule has 3 heterocycles. The van der Waals surface area contributed by atoms with Gasteiger partial charge in [0, 0.05) is 31.7 Å². The van der Waals surface area contributed by atoms with Gasteiger partial charge in [-0.1, -0.05) is 0 Å². The normalized spacial score (nSPS) is 22.5. The molecule has 2 aliphatic rings. The van der Waals surface area contributed by atoms with Gasteiger partial charge >= 0.3 is 6.03 Å². The molecule has 0 radical (unpaired) electrons. The standard InChI is InChI=1S/C19H22FN5O/c1-24-8-13-10-25(11-14(13)9-24)19(26)23-18-16(21)6-7-17(22-18)12-2-4-15(20)5-3-12/h2-7,13-14H,8-11,21H2,1H3,(H,22,23,26). The number of halogens is 1. The number of urea groups is 1. The molecule has 0 aliphatic carbocycles. The Labute approximate surface area is 151 Å². The van der Waals surface area contributed by atoms with Crippen LogP contribution in [0, 0.1) is 17.7 Å². The second-order valence-electron chi connectivity index (χ2n) is 7.22. The number of nitrogens with one attached hydrogen (secondary N) is 1. The summed E-state index contributed by atoms with van der Waals surface area (Å²) in [6.45, 7) is 3.60. The number of rotatable bonds is 2. The highest BCUT2D eigenvalue weighted by molar-refractivity contribution is 5.92. The van der Waals surface area contributed by atoms with Gasteiger partial charge in [-0.05, 0) is 55.3 Å². The lowest BCUT2D eigenvalue weighted by Gasteiger charge is -2.20. The van der Waals surface area contributed by atoms with Crippen molar-refractivity contribution >= 4 is 17.5 Å². The predicted octanol–water partition coefficient (Wildman–Crippen LogP) is 2.50. The molecule has 0 bridgehead atoms. The molecular formula is C19H22FN5O. The SMILES string of the molecule is CN1CC2CN(C(=O)Nc3nc(-c4ccc(F)cc4)ccc3N)CC2C1. The van der Waals surface area contributed by atoms with Crippen molar-refractivity contribution in [3.8, 4) is 11.3 Å². The number of hydrogen-bond acceptors (Lipinski definition) is 4. The fraction of sp³-hybridized carbons (Fsp3) is 0.368. The van der Waals surface area contributed by atoms with Gasteiger partial charge in [0.05, 0.1) is 11.4 Å². The van der Waals surface area contributed by atoms with E-state index < -0.39 is 0 Å². The number of nitrogens with zero attached hydrogens (tertiary/aromatic N) is 3. The number of amides is 2. The fourth-order valence-electron chi connectivity index (χ4n) is 3.93. The lowest BCUT2D eigenvalue weighted by molar-refractivity contribution is 0.215. The van der Waals surface area contributed by atoms with E-state index in [0.717, 1.165) is 31.7 Å². The second kappa shape index (κ2) is 6.57. The van der Waals surface area contributed by atoms with Gasteiger partial charge in [0.2, 0.25) is 0 Å². The summed E-state index contributed by atoms with van der Waals surface area (Å²) < 4.78 is 13.1. The van der Waals surface area contributed by atoms with Gasteiger partial charge < -0.3 is 15.5 Å². The predicted molar refractivity (Wildman–Crippen MR) is 99.1 cm³/mol. The zero-order valence-electron chi connectivity index (χ0n) is 14.7. The minimum absolute atomic E-state index is 0.169. The molecule has 136 valence electrons. The van der Waals surface area contributed by atoms with E-state index in [1.54, 1.807) is 24.3 Å². The number of pyridine rings is 1. The molecule has 6 nitrogen and oxygen atoms in total. The molecule has 0 saturated carbocycles. The van der Waals surface area contributed by atoms with E-state index in [1.165, 1.54) is 12.1 Å². The van der Waals surface area contributed by atoms with Crippen LogP contribution in [0.15, 0.2) is 36.4 Å². The third-order valence-electron chi connectivity index (χ3n) is 5.25. The third kappa shape index (κ3) is 3.22. The first-order valence-corrected chi connectivity index (χ1v) is 8.76. The molecule has 2 fully saturated rings. The van der Waals surface area contributed by atoms with Gasteiger partial charge in [-0.25, -0.2) is 14.2 Å². The van der Waals surface area contributed by atoms with Gasteiger partial charge in [-0.15, -0.1) is 0 Å². The van der Waals surface area contributed by atoms with Crippen molar-refractivity contribution in [2.75, 3.05) is 44.3 Å². The molecule has 2 aliphatic heterocycles. The Hall–Kier alpha value is -2.67. The minimum Gasteiger partial charge on any atom is -0.396 e. The third-order valence-corrected chi connectivity index (χ3v) is 5.25. The Morgan fingerprint density at radius 2 is 1.77 bits per heavy atom. The van der Waals surface area contributed by atoms with E-state index in [-0.39, 0.29) is 11.8 Å². The van der Waals surface area contributed by atoms with Crippen LogP contribution in [-0.2, 0) is 0 Å². The van der Waals surface area contributed by atoms with Gasteiger partial charge in [-0.3, -0.25) is 5.32 Å². The maximum absolute atomic E-state index is 13.1. The summed E-state index contributed by atoms with van der Waals surface area (Å²) in [7, 11) is 2.12. The maximum Gasteiger partial charge on any atom is 0.323 e. The van der Waals surface area contributed by atoms with Crippen LogP contribution in [-0.4, -0.2) is 54.0 Å². The smallest absolute Gasteiger partial charge is 0.323 e. The van der Waals surface area contributed by atoms with E-state index >= 15 is 0 Å². The molecular weight excluding hydrogens is 333 g/mol. The molecule has 26 heavy (non-hydrogen) atoms. The average Bonchev–Trinajstić information content (AvgIpc) is 3.15. The molecule has 2 aromatic rings. The van der Waals surface area contributed by atoms with Crippen LogP contribution in [0.25, 0.3) is 11.3 Å². The highest BCUT2D eigenvalue weighted by atomic mass is 19.1. The molecule has 3 N–H and O–H groups in total. The van der Waals surface area contributed by atoms with Crippen LogP contribution in [0.3, 0.4) is 0 Å². The number of carbonyl (C=O) groups excluding carboxylic acids is 1. The first-order chi connectivity index (χ1) is 12.5. The minimum atomic E-state index is -0.303. The molecule has 2 saturated heterocycles. The van der Waals surface area contributed by atoms with Gasteiger partial charge in [0.25, 0.3) is 0 Å². The number of nitrogen functional groups attached to an aromatic ring is 1. The monoisotopic (exact) mass is 355 g/mol. The van der Waals surface area contributed by atoms with Crippen LogP contribution < -0.4 is 11.1 Å². The van der Waals surface area contributed by atoms with E-state index in [9.17, 15) is 9.18 Å². The zero-order chi connectivity index (χ0) is 18.3. The van der Waals surface area contributed by atoms with E-state index in [1.807, 2.05) is 4.90 Å². The topological polar surface area (TPSA) is 74.5 Å². The summed E-state index contributed by atoms with van der Waals surface area (Å²) in [5.41, 5.74) is 7.79. The lowest BCUT2D eigenvalue weighted by atomic mass is 10.0. The Morgan fingerprint density at radius 3 is 2.42 bits per heavy atom. The summed E-state index contributed by atoms with van der Waals surface area (Å²) in [4.78, 5) is 21.2. The summed E-state index contributed by atoms with van der Waals surface area (Å²) >= 11 is 0. The Kier molecular flexibility index (Phi) is 4.24. The van der Waals surface area contributed by atoms with E-state index in [4.69, 9.17) is 5.73 Å². The number of anilines is 2. The highest BCUT2D eigenvalue weighted by Gasteiger charge is 2.40. The summed E-state index contributed by atoms with van der Waals surface area (Å²) in [5.74, 6) is 1.12. The number of carbonyl (C=O) groups is 1. The summed E-state index contributed by atoms with van der Waals surface area (Å²) in [6.07, 6.45) is 0. The molecule has 4 rings (SSSR count). The van der Waals surface area contributed by atoms with Crippen molar-refractivity contribution in [1.29, 1.82) is 0 Å². The van der Waals surface area contributed by atoms with Gasteiger partial charge in [0.1, 0.15) is 5.82 Å². The molecule has 2 amide bonds. The highest BCUT2D eigenvalue weighted by Crippen LogP contribution is 2.31. The van der Waals surface area contributed by atoms with Crippen LogP contribution in [0.4, 0.5) is 20.7 Å². The first-order valence-electron chi connectivity index (χ1n) is 8.76. The number of benzene rings is 1. The van der Waals surface area contributed by atoms with E-state index in [0.29, 0.717) is 29.0 Å². The zero-order valence-corrected chi connectivity index (χ0v) is 14.7. The van der Waals surface area contributed by atoms with Crippen LogP contribution >= 0.6 is 0 Å². The van der Waals surface area contributed by atoms with Crippen LogP contribution in [0.1, 0.15) is 0 Å². The van der Waals surface area contributed by atoms with Crippen molar-refractivity contribution in [2.45, 2.75) is 0 Å². The molecule has 2 unspecified atom stereocenters. The number of hydrogen-bond donors (Lipinski definition) is 2. The van der Waals surface area contributed by atoms with Gasteiger partial charge in [-0.2, -0.15) is 0 Å². The van der Waals surface area contributed by atoms with Crippen molar-refractivity contribution in [2.24, 2.45) is 11.8 Å². The largest absolute Gasteiger partial charge is 0.396 e. The van der Waals surface area contributed by atoms with Crippen LogP contribution in [0.2, 0.25) is 0 Å². The average molecular weight is 355 g/mol. The number of likely N-dealkylation sites (tertiary alicyclic amines) is 2. The quantitative estimate of drug-likeness (QED) is 0.868. The molecule has 1 aromatic heterocycles. The second-order valence-corrected chi connectivity index (χ2v) is 7.22. The summed E-state index contributed by atoms with van der Waals surface area (Å²) in [5, 5.41) is 2.84. The molecule has 1 aromatic carbocycles. The van der Waals surface area contributed by atoms with Crippen molar-refractivity contribution in [3.63, 3.8) is 0 Å². The summed E-state index contributed by atoms with van der Waals surface area (Å²) in [6, 6.07) is 9.35.